The van der Waals surface area contributed by atoms with Gasteiger partial charge in [-0.25, -0.2) is 0 Å². The first kappa shape index (κ1) is 11.6. The Hall–Kier alpha value is -0.930. The fourth-order valence-electron chi connectivity index (χ4n) is 2.25. The number of aromatic nitrogens is 1. The molecule has 1 aliphatic rings. The average molecular weight is 220 g/mol. The van der Waals surface area contributed by atoms with E-state index in [1.54, 1.807) is 6.20 Å². The standard InChI is InChI=1S/C13H20N2O/c14-8-13-7-12(5-6-15-13)10-16-9-11-3-1-2-4-11/h5-7,11H,1-4,8-10,14H2. The molecular formula is C13H20N2O. The van der Waals surface area contributed by atoms with Crippen LogP contribution in [0, 0.1) is 5.92 Å². The predicted molar refractivity (Wildman–Crippen MR) is 63.7 cm³/mol. The van der Waals surface area contributed by atoms with E-state index in [2.05, 4.69) is 4.98 Å². The fraction of sp³-hybridized carbons (Fsp3) is 0.615. The summed E-state index contributed by atoms with van der Waals surface area (Å²) in [6.07, 6.45) is 7.23. The van der Waals surface area contributed by atoms with E-state index in [4.69, 9.17) is 10.5 Å². The average Bonchev–Trinajstić information content (AvgIpc) is 2.82. The molecule has 88 valence electrons. The van der Waals surface area contributed by atoms with Crippen molar-refractivity contribution in [3.8, 4) is 0 Å². The van der Waals surface area contributed by atoms with Gasteiger partial charge in [-0.3, -0.25) is 4.98 Å². The minimum atomic E-state index is 0.496. The number of nitrogens with two attached hydrogens (primary N) is 1. The molecule has 0 aliphatic heterocycles. The molecule has 16 heavy (non-hydrogen) atoms. The second kappa shape index (κ2) is 5.97. The Morgan fingerprint density at radius 3 is 2.94 bits per heavy atom. The van der Waals surface area contributed by atoms with Crippen molar-refractivity contribution < 1.29 is 4.74 Å². The summed E-state index contributed by atoms with van der Waals surface area (Å²) in [4.78, 5) is 4.16. The summed E-state index contributed by atoms with van der Waals surface area (Å²) in [5.41, 5.74) is 7.65. The Bertz CT molecular complexity index is 321. The van der Waals surface area contributed by atoms with Gasteiger partial charge in [0.1, 0.15) is 0 Å². The lowest BCUT2D eigenvalue weighted by Crippen LogP contribution is -2.06. The van der Waals surface area contributed by atoms with E-state index in [0.29, 0.717) is 13.2 Å². The van der Waals surface area contributed by atoms with Gasteiger partial charge in [0, 0.05) is 19.3 Å². The lowest BCUT2D eigenvalue weighted by Gasteiger charge is -2.10. The van der Waals surface area contributed by atoms with E-state index in [-0.39, 0.29) is 0 Å². The van der Waals surface area contributed by atoms with Crippen LogP contribution in [-0.4, -0.2) is 11.6 Å². The van der Waals surface area contributed by atoms with Crippen molar-refractivity contribution in [1.82, 2.24) is 4.98 Å². The summed E-state index contributed by atoms with van der Waals surface area (Å²) in [6.45, 7) is 2.09. The first-order valence-electron chi connectivity index (χ1n) is 6.10. The molecule has 1 saturated carbocycles. The number of ether oxygens (including phenoxy) is 1. The van der Waals surface area contributed by atoms with Gasteiger partial charge in [-0.2, -0.15) is 0 Å². The fourth-order valence-corrected chi connectivity index (χ4v) is 2.25. The number of rotatable bonds is 5. The predicted octanol–water partition coefficient (Wildman–Crippen LogP) is 2.25. The summed E-state index contributed by atoms with van der Waals surface area (Å²) in [7, 11) is 0. The largest absolute Gasteiger partial charge is 0.376 e. The van der Waals surface area contributed by atoms with Crippen molar-refractivity contribution in [1.29, 1.82) is 0 Å². The first-order valence-corrected chi connectivity index (χ1v) is 6.10. The van der Waals surface area contributed by atoms with Crippen LogP contribution in [0.25, 0.3) is 0 Å². The Labute approximate surface area is 97.0 Å². The third kappa shape index (κ3) is 3.29. The second-order valence-corrected chi connectivity index (χ2v) is 4.53. The van der Waals surface area contributed by atoms with Gasteiger partial charge in [-0.1, -0.05) is 12.8 Å². The monoisotopic (exact) mass is 220 g/mol. The van der Waals surface area contributed by atoms with E-state index >= 15 is 0 Å². The second-order valence-electron chi connectivity index (χ2n) is 4.53. The van der Waals surface area contributed by atoms with E-state index in [0.717, 1.165) is 18.2 Å². The SMILES string of the molecule is NCc1cc(COCC2CCCC2)ccn1. The van der Waals surface area contributed by atoms with Gasteiger partial charge in [0.05, 0.1) is 12.3 Å². The van der Waals surface area contributed by atoms with Crippen molar-refractivity contribution in [2.75, 3.05) is 6.61 Å². The molecule has 1 fully saturated rings. The quantitative estimate of drug-likeness (QED) is 0.828. The summed E-state index contributed by atoms with van der Waals surface area (Å²) >= 11 is 0. The third-order valence-electron chi connectivity index (χ3n) is 3.19. The molecule has 1 aromatic heterocycles. The lowest BCUT2D eigenvalue weighted by molar-refractivity contribution is 0.0888. The number of pyridine rings is 1. The molecule has 2 N–H and O–H groups in total. The van der Waals surface area contributed by atoms with E-state index in [9.17, 15) is 0 Å². The third-order valence-corrected chi connectivity index (χ3v) is 3.19. The zero-order chi connectivity index (χ0) is 11.2. The van der Waals surface area contributed by atoms with Crippen molar-refractivity contribution in [2.24, 2.45) is 11.7 Å². The molecule has 0 saturated heterocycles. The lowest BCUT2D eigenvalue weighted by atomic mass is 10.1. The molecule has 3 nitrogen and oxygen atoms in total. The molecule has 0 atom stereocenters. The molecule has 0 amide bonds. The maximum Gasteiger partial charge on any atom is 0.0718 e. The van der Waals surface area contributed by atoms with Crippen LogP contribution in [0.15, 0.2) is 18.3 Å². The Balaban J connectivity index is 1.75. The van der Waals surface area contributed by atoms with Crippen molar-refractivity contribution >= 4 is 0 Å². The van der Waals surface area contributed by atoms with Crippen LogP contribution in [-0.2, 0) is 17.9 Å². The van der Waals surface area contributed by atoms with E-state index < -0.39 is 0 Å². The molecular weight excluding hydrogens is 200 g/mol. The van der Waals surface area contributed by atoms with Gasteiger partial charge in [-0.15, -0.1) is 0 Å². The zero-order valence-corrected chi connectivity index (χ0v) is 9.69. The van der Waals surface area contributed by atoms with E-state index in [1.165, 1.54) is 31.2 Å². The van der Waals surface area contributed by atoms with Crippen LogP contribution in [0.5, 0.6) is 0 Å². The van der Waals surface area contributed by atoms with Gasteiger partial charge < -0.3 is 10.5 Å². The highest BCUT2D eigenvalue weighted by atomic mass is 16.5. The highest BCUT2D eigenvalue weighted by Gasteiger charge is 2.14. The number of hydrogen-bond acceptors (Lipinski definition) is 3. The molecule has 2 rings (SSSR count). The highest BCUT2D eigenvalue weighted by molar-refractivity contribution is 5.15. The van der Waals surface area contributed by atoms with Crippen molar-refractivity contribution in [3.05, 3.63) is 29.6 Å². The number of nitrogens with zero attached hydrogens (tertiary/aromatic N) is 1. The van der Waals surface area contributed by atoms with Crippen molar-refractivity contribution in [2.45, 2.75) is 38.8 Å². The highest BCUT2D eigenvalue weighted by Crippen LogP contribution is 2.24. The molecule has 3 heteroatoms. The summed E-state index contributed by atoms with van der Waals surface area (Å²) in [6, 6.07) is 4.02. The maximum atomic E-state index is 5.73. The Morgan fingerprint density at radius 1 is 1.38 bits per heavy atom. The molecule has 0 radical (unpaired) electrons. The van der Waals surface area contributed by atoms with Crippen LogP contribution in [0.4, 0.5) is 0 Å². The van der Waals surface area contributed by atoms with Crippen LogP contribution in [0.1, 0.15) is 36.9 Å². The summed E-state index contributed by atoms with van der Waals surface area (Å²) in [5.74, 6) is 0.788. The molecule has 0 bridgehead atoms. The van der Waals surface area contributed by atoms with Gasteiger partial charge in [0.25, 0.3) is 0 Å². The van der Waals surface area contributed by atoms with Crippen molar-refractivity contribution in [3.63, 3.8) is 0 Å². The zero-order valence-electron chi connectivity index (χ0n) is 9.69. The minimum Gasteiger partial charge on any atom is -0.376 e. The Kier molecular flexibility index (Phi) is 4.31. The molecule has 0 unspecified atom stereocenters. The van der Waals surface area contributed by atoms with Crippen LogP contribution < -0.4 is 5.73 Å². The maximum absolute atomic E-state index is 5.73. The first-order chi connectivity index (χ1) is 7.88. The van der Waals surface area contributed by atoms with Gasteiger partial charge in [0.2, 0.25) is 0 Å². The summed E-state index contributed by atoms with van der Waals surface area (Å²) < 4.78 is 5.73. The minimum absolute atomic E-state index is 0.496. The van der Waals surface area contributed by atoms with Crippen LogP contribution in [0.2, 0.25) is 0 Å². The molecule has 0 aromatic carbocycles. The van der Waals surface area contributed by atoms with Crippen LogP contribution >= 0.6 is 0 Å². The van der Waals surface area contributed by atoms with Gasteiger partial charge in [-0.05, 0) is 36.5 Å². The molecule has 1 aliphatic carbocycles. The normalized spacial score (nSPS) is 16.8. The smallest absolute Gasteiger partial charge is 0.0718 e. The number of hydrogen-bond donors (Lipinski definition) is 1. The van der Waals surface area contributed by atoms with Gasteiger partial charge in [0.15, 0.2) is 0 Å². The van der Waals surface area contributed by atoms with E-state index in [1.807, 2.05) is 12.1 Å². The molecule has 0 spiro atoms. The van der Waals surface area contributed by atoms with Crippen LogP contribution in [0.3, 0.4) is 0 Å². The molecule has 1 heterocycles. The Morgan fingerprint density at radius 2 is 2.19 bits per heavy atom. The topological polar surface area (TPSA) is 48.1 Å². The molecule has 1 aromatic rings. The van der Waals surface area contributed by atoms with Gasteiger partial charge >= 0.3 is 0 Å². The summed E-state index contributed by atoms with van der Waals surface area (Å²) in [5, 5.41) is 0.